The average molecular weight is 579 g/mol. The van der Waals surface area contributed by atoms with Crippen LogP contribution in [0.5, 0.6) is 0 Å². The Morgan fingerprint density at radius 3 is 2.50 bits per heavy atom. The van der Waals surface area contributed by atoms with Crippen LogP contribution in [0.1, 0.15) is 24.9 Å². The highest BCUT2D eigenvalue weighted by Crippen LogP contribution is 2.39. The second-order valence-corrected chi connectivity index (χ2v) is 9.37. The largest absolute Gasteiger partial charge is 0.286 e. The standard InChI is InChI=1S/C24H21Cl2IN4O/c1-2-30(19-6-4-3-5-7-19)29-24(32)21-15-23(16-8-11-18(27)12-9-16)31(28-21)22-13-10-17(25)14-20(22)26/h3-14,23H,2,15H2,1H3,(H,29,32). The van der Waals surface area contributed by atoms with E-state index in [1.165, 1.54) is 0 Å². The molecule has 0 radical (unpaired) electrons. The Morgan fingerprint density at radius 1 is 1.12 bits per heavy atom. The first kappa shape index (κ1) is 22.9. The highest BCUT2D eigenvalue weighted by atomic mass is 127. The number of nitrogens with zero attached hydrogens (tertiary/aromatic N) is 3. The van der Waals surface area contributed by atoms with Crippen molar-refractivity contribution in [3.8, 4) is 0 Å². The Morgan fingerprint density at radius 2 is 1.84 bits per heavy atom. The summed E-state index contributed by atoms with van der Waals surface area (Å²) in [4.78, 5) is 13.2. The number of hydrazone groups is 1. The first-order valence-electron chi connectivity index (χ1n) is 10.2. The Hall–Kier alpha value is -2.29. The summed E-state index contributed by atoms with van der Waals surface area (Å²) < 4.78 is 1.14. The van der Waals surface area contributed by atoms with E-state index in [0.29, 0.717) is 34.4 Å². The molecule has 1 unspecified atom stereocenters. The molecule has 0 saturated heterocycles. The minimum absolute atomic E-state index is 0.154. The number of hydrazine groups is 1. The van der Waals surface area contributed by atoms with E-state index < -0.39 is 0 Å². The third-order valence-electron chi connectivity index (χ3n) is 5.20. The van der Waals surface area contributed by atoms with Crippen LogP contribution in [0.15, 0.2) is 77.9 Å². The van der Waals surface area contributed by atoms with E-state index in [0.717, 1.165) is 14.8 Å². The number of para-hydroxylation sites is 1. The van der Waals surface area contributed by atoms with Crippen LogP contribution in [-0.2, 0) is 4.79 Å². The van der Waals surface area contributed by atoms with Gasteiger partial charge < -0.3 is 0 Å². The molecule has 1 aliphatic heterocycles. The number of carbonyl (C=O) groups is 1. The van der Waals surface area contributed by atoms with Crippen molar-refractivity contribution in [3.63, 3.8) is 0 Å². The van der Waals surface area contributed by atoms with Crippen LogP contribution in [0.3, 0.4) is 0 Å². The zero-order chi connectivity index (χ0) is 22.7. The maximum atomic E-state index is 13.2. The van der Waals surface area contributed by atoms with Gasteiger partial charge in [0.25, 0.3) is 5.91 Å². The maximum Gasteiger partial charge on any atom is 0.286 e. The van der Waals surface area contributed by atoms with Crippen LogP contribution >= 0.6 is 45.8 Å². The molecular formula is C24H21Cl2IN4O. The van der Waals surface area contributed by atoms with E-state index in [2.05, 4.69) is 40.1 Å². The molecule has 0 spiro atoms. The van der Waals surface area contributed by atoms with E-state index in [1.807, 2.05) is 65.5 Å². The third-order valence-corrected chi connectivity index (χ3v) is 6.46. The Bertz CT molecular complexity index is 1140. The Balaban J connectivity index is 1.64. The molecule has 0 saturated carbocycles. The van der Waals surface area contributed by atoms with Crippen molar-refractivity contribution in [1.29, 1.82) is 0 Å². The zero-order valence-electron chi connectivity index (χ0n) is 17.3. The molecule has 5 nitrogen and oxygen atoms in total. The second kappa shape index (κ2) is 10.1. The first-order chi connectivity index (χ1) is 15.5. The zero-order valence-corrected chi connectivity index (χ0v) is 21.0. The van der Waals surface area contributed by atoms with Gasteiger partial charge in [0.05, 0.1) is 22.4 Å². The molecule has 164 valence electrons. The lowest BCUT2D eigenvalue weighted by molar-refractivity contribution is -0.115. The number of benzene rings is 3. The molecule has 0 aromatic heterocycles. The number of hydrogen-bond acceptors (Lipinski definition) is 4. The van der Waals surface area contributed by atoms with Gasteiger partial charge in [-0.3, -0.25) is 20.2 Å². The van der Waals surface area contributed by atoms with Gasteiger partial charge in [0.2, 0.25) is 0 Å². The maximum absolute atomic E-state index is 13.2. The number of halogens is 3. The summed E-state index contributed by atoms with van der Waals surface area (Å²) >= 11 is 14.9. The van der Waals surface area contributed by atoms with Gasteiger partial charge in [0.1, 0.15) is 5.71 Å². The van der Waals surface area contributed by atoms with Gasteiger partial charge in [-0.15, -0.1) is 0 Å². The number of rotatable bonds is 6. The topological polar surface area (TPSA) is 47.9 Å². The van der Waals surface area contributed by atoms with Gasteiger partial charge >= 0.3 is 0 Å². The van der Waals surface area contributed by atoms with Crippen molar-refractivity contribution >= 4 is 68.8 Å². The molecule has 0 aliphatic carbocycles. The van der Waals surface area contributed by atoms with E-state index in [-0.39, 0.29) is 11.9 Å². The summed E-state index contributed by atoms with van der Waals surface area (Å²) in [5, 5.41) is 9.35. The van der Waals surface area contributed by atoms with Gasteiger partial charge in [0.15, 0.2) is 0 Å². The predicted molar refractivity (Wildman–Crippen MR) is 140 cm³/mol. The van der Waals surface area contributed by atoms with Crippen LogP contribution in [0.4, 0.5) is 11.4 Å². The first-order valence-corrected chi connectivity index (χ1v) is 12.0. The summed E-state index contributed by atoms with van der Waals surface area (Å²) in [7, 11) is 0. The fourth-order valence-electron chi connectivity index (χ4n) is 3.60. The highest BCUT2D eigenvalue weighted by Gasteiger charge is 2.34. The van der Waals surface area contributed by atoms with E-state index in [1.54, 1.807) is 12.1 Å². The molecule has 3 aromatic rings. The van der Waals surface area contributed by atoms with E-state index >= 15 is 0 Å². The van der Waals surface area contributed by atoms with Gasteiger partial charge in [-0.1, -0.05) is 53.5 Å². The van der Waals surface area contributed by atoms with Gasteiger partial charge in [-0.05, 0) is 77.5 Å². The molecule has 0 bridgehead atoms. The molecule has 32 heavy (non-hydrogen) atoms. The van der Waals surface area contributed by atoms with Crippen LogP contribution in [-0.4, -0.2) is 18.2 Å². The van der Waals surface area contributed by atoms with Crippen LogP contribution < -0.4 is 15.4 Å². The monoisotopic (exact) mass is 578 g/mol. The van der Waals surface area contributed by atoms with Crippen LogP contribution in [0, 0.1) is 3.57 Å². The number of anilines is 2. The molecule has 3 aromatic carbocycles. The normalized spacial score (nSPS) is 15.4. The molecule has 1 N–H and O–H groups in total. The fraction of sp³-hybridized carbons (Fsp3) is 0.167. The molecule has 1 heterocycles. The minimum atomic E-state index is -0.237. The lowest BCUT2D eigenvalue weighted by Crippen LogP contribution is -2.45. The van der Waals surface area contributed by atoms with Crippen molar-refractivity contribution in [2.45, 2.75) is 19.4 Å². The number of carbonyl (C=O) groups excluding carboxylic acids is 1. The lowest BCUT2D eigenvalue weighted by atomic mass is 10.0. The number of amides is 1. The third kappa shape index (κ3) is 5.03. The van der Waals surface area contributed by atoms with Crippen molar-refractivity contribution < 1.29 is 4.79 Å². The summed E-state index contributed by atoms with van der Waals surface area (Å²) in [5.74, 6) is -0.237. The molecule has 8 heteroatoms. The van der Waals surface area contributed by atoms with Crippen LogP contribution in [0.2, 0.25) is 10.0 Å². The number of hydrogen-bond donors (Lipinski definition) is 1. The van der Waals surface area contributed by atoms with Crippen molar-refractivity contribution in [2.24, 2.45) is 5.10 Å². The molecule has 0 fully saturated rings. The highest BCUT2D eigenvalue weighted by molar-refractivity contribution is 14.1. The smallest absolute Gasteiger partial charge is 0.286 e. The molecule has 1 aliphatic rings. The molecule has 4 rings (SSSR count). The summed E-state index contributed by atoms with van der Waals surface area (Å²) in [6.07, 6.45) is 0.456. The van der Waals surface area contributed by atoms with Crippen molar-refractivity contribution in [1.82, 2.24) is 5.43 Å². The average Bonchev–Trinajstić information content (AvgIpc) is 3.23. The second-order valence-electron chi connectivity index (χ2n) is 7.28. The SMILES string of the molecule is CCN(NC(=O)C1=NN(c2ccc(Cl)cc2Cl)C(c2ccc(I)cc2)C1)c1ccccc1. The van der Waals surface area contributed by atoms with Gasteiger partial charge in [-0.25, -0.2) is 0 Å². The number of nitrogens with one attached hydrogen (secondary N) is 1. The quantitative estimate of drug-likeness (QED) is 0.270. The molecule has 1 atom stereocenters. The van der Waals surface area contributed by atoms with Gasteiger partial charge in [0, 0.05) is 21.6 Å². The van der Waals surface area contributed by atoms with E-state index in [9.17, 15) is 4.79 Å². The summed E-state index contributed by atoms with van der Waals surface area (Å²) in [5.41, 5.74) is 6.09. The Labute approximate surface area is 211 Å². The van der Waals surface area contributed by atoms with Crippen molar-refractivity contribution in [3.05, 3.63) is 92.0 Å². The minimum Gasteiger partial charge on any atom is -0.286 e. The molecule has 1 amide bonds. The molecular weight excluding hydrogens is 558 g/mol. The summed E-state index contributed by atoms with van der Waals surface area (Å²) in [6.45, 7) is 2.61. The van der Waals surface area contributed by atoms with Crippen LogP contribution in [0.25, 0.3) is 0 Å². The van der Waals surface area contributed by atoms with Crippen molar-refractivity contribution in [2.75, 3.05) is 16.6 Å². The summed E-state index contributed by atoms with van der Waals surface area (Å²) in [6, 6.07) is 23.1. The lowest BCUT2D eigenvalue weighted by Gasteiger charge is -2.25. The van der Waals surface area contributed by atoms with Gasteiger partial charge in [-0.2, -0.15) is 5.10 Å². The fourth-order valence-corrected chi connectivity index (χ4v) is 4.46. The van der Waals surface area contributed by atoms with E-state index in [4.69, 9.17) is 28.3 Å². The predicted octanol–water partition coefficient (Wildman–Crippen LogP) is 6.46. The Kier molecular flexibility index (Phi) is 7.23.